The lowest BCUT2D eigenvalue weighted by Crippen LogP contribution is -1.99. The normalized spacial score (nSPS) is 10.3. The molecule has 0 radical (unpaired) electrons. The number of aliphatic hydroxyl groups excluding tert-OH is 1. The highest BCUT2D eigenvalue weighted by atomic mass is 32.2. The molecule has 0 rings (SSSR count). The summed E-state index contributed by atoms with van der Waals surface area (Å²) in [5.41, 5.74) is 0. The summed E-state index contributed by atoms with van der Waals surface area (Å²) in [5, 5.41) is 8.48. The van der Waals surface area contributed by atoms with E-state index in [0.717, 1.165) is 0 Å². The molecule has 0 saturated heterocycles. The topological polar surface area (TPSA) is 20.2 Å². The highest BCUT2D eigenvalue weighted by Gasteiger charge is 1.98. The van der Waals surface area contributed by atoms with Crippen LogP contribution < -0.4 is 0 Å². The van der Waals surface area contributed by atoms with Crippen molar-refractivity contribution in [2.45, 2.75) is 4.58 Å². The number of hydrogen-bond donors (Lipinski definition) is 1. The summed E-state index contributed by atoms with van der Waals surface area (Å²) in [6.45, 7) is 0.280. The highest BCUT2D eigenvalue weighted by molar-refractivity contribution is 8.16. The molecule has 0 bridgehead atoms. The minimum atomic E-state index is 0.280. The zero-order valence-electron chi connectivity index (χ0n) is 4.55. The average Bonchev–Trinajstić information content (AvgIpc) is 1.72. The fourth-order valence-corrected chi connectivity index (χ4v) is 1.31. The lowest BCUT2D eigenvalue weighted by Gasteiger charge is -2.03. The molecule has 0 aliphatic carbocycles. The number of aliphatic hydroxyl groups is 1. The first kappa shape index (κ1) is 7.66. The molecule has 1 N–H and O–H groups in total. The number of thioether (sulfide) groups is 2. The Morgan fingerprint density at radius 2 is 1.86 bits per heavy atom. The molecule has 0 atom stereocenters. The third-order valence-electron chi connectivity index (χ3n) is 0.675. The Balaban J connectivity index is 2.99. The quantitative estimate of drug-likeness (QED) is 0.588. The van der Waals surface area contributed by atoms with E-state index in [0.29, 0.717) is 4.58 Å². The van der Waals surface area contributed by atoms with E-state index < -0.39 is 0 Å². The third-order valence-corrected chi connectivity index (χ3v) is 3.18. The predicted molar refractivity (Wildman–Crippen MR) is 37.9 cm³/mol. The minimum absolute atomic E-state index is 0.280. The fourth-order valence-electron chi connectivity index (χ4n) is 0.245. The summed E-state index contributed by atoms with van der Waals surface area (Å²) in [7, 11) is 0. The monoisotopic (exact) mass is 138 g/mol. The van der Waals surface area contributed by atoms with Crippen molar-refractivity contribution in [2.75, 3.05) is 19.1 Å². The molecule has 3 heteroatoms. The van der Waals surface area contributed by atoms with Crippen molar-refractivity contribution in [3.8, 4) is 0 Å². The largest absolute Gasteiger partial charge is 0.394 e. The molecular weight excluding hydrogens is 128 g/mol. The maximum atomic E-state index is 8.48. The van der Waals surface area contributed by atoms with Crippen molar-refractivity contribution in [3.63, 3.8) is 0 Å². The molecule has 7 heavy (non-hydrogen) atoms. The van der Waals surface area contributed by atoms with Gasteiger partial charge in [0.2, 0.25) is 0 Å². The van der Waals surface area contributed by atoms with Crippen LogP contribution in [0.1, 0.15) is 0 Å². The molecule has 0 heterocycles. The van der Waals surface area contributed by atoms with Crippen LogP contribution in [-0.4, -0.2) is 28.8 Å². The summed E-state index contributed by atoms with van der Waals surface area (Å²) >= 11 is 3.37. The van der Waals surface area contributed by atoms with E-state index in [4.69, 9.17) is 5.11 Å². The van der Waals surface area contributed by atoms with Gasteiger partial charge in [-0.3, -0.25) is 0 Å². The minimum Gasteiger partial charge on any atom is -0.394 e. The van der Waals surface area contributed by atoms with Crippen molar-refractivity contribution in [2.24, 2.45) is 0 Å². The first-order chi connectivity index (χ1) is 3.35. The van der Waals surface area contributed by atoms with Gasteiger partial charge in [0.05, 0.1) is 11.2 Å². The van der Waals surface area contributed by atoms with E-state index in [9.17, 15) is 0 Å². The first-order valence-electron chi connectivity index (χ1n) is 2.01. The zero-order valence-corrected chi connectivity index (χ0v) is 6.18. The molecule has 0 aromatic carbocycles. The van der Waals surface area contributed by atoms with Crippen molar-refractivity contribution in [1.82, 2.24) is 0 Å². The van der Waals surface area contributed by atoms with Crippen LogP contribution in [0, 0.1) is 0 Å². The second kappa shape index (κ2) is 4.81. The van der Waals surface area contributed by atoms with Gasteiger partial charge in [0.15, 0.2) is 0 Å². The maximum absolute atomic E-state index is 8.48. The summed E-state index contributed by atoms with van der Waals surface area (Å²) in [6.07, 6.45) is 3.99. The molecule has 0 saturated carbocycles. The van der Waals surface area contributed by atoms with Crippen LogP contribution in [0.3, 0.4) is 0 Å². The van der Waals surface area contributed by atoms with Crippen molar-refractivity contribution in [3.05, 3.63) is 0 Å². The van der Waals surface area contributed by atoms with E-state index in [-0.39, 0.29) is 6.61 Å². The Morgan fingerprint density at radius 1 is 1.43 bits per heavy atom. The second-order valence-electron chi connectivity index (χ2n) is 1.08. The molecule has 0 aromatic heterocycles. The van der Waals surface area contributed by atoms with Gasteiger partial charge in [0.1, 0.15) is 0 Å². The van der Waals surface area contributed by atoms with Gasteiger partial charge < -0.3 is 5.11 Å². The zero-order chi connectivity index (χ0) is 5.70. The van der Waals surface area contributed by atoms with Gasteiger partial charge in [-0.15, -0.1) is 23.5 Å². The Kier molecular flexibility index (Phi) is 5.26. The Hall–Kier alpha value is 0.660. The van der Waals surface area contributed by atoms with Crippen LogP contribution in [0.5, 0.6) is 0 Å². The highest BCUT2D eigenvalue weighted by Crippen LogP contribution is 2.16. The lowest BCUT2D eigenvalue weighted by atomic mass is 10.9. The van der Waals surface area contributed by atoms with E-state index in [1.807, 2.05) is 12.5 Å². The van der Waals surface area contributed by atoms with Crippen LogP contribution >= 0.6 is 23.5 Å². The van der Waals surface area contributed by atoms with Gasteiger partial charge >= 0.3 is 0 Å². The van der Waals surface area contributed by atoms with Gasteiger partial charge in [-0.05, 0) is 12.5 Å². The Morgan fingerprint density at radius 3 is 1.86 bits per heavy atom. The van der Waals surface area contributed by atoms with E-state index in [1.165, 1.54) is 0 Å². The lowest BCUT2D eigenvalue weighted by molar-refractivity contribution is 0.316. The molecule has 0 amide bonds. The van der Waals surface area contributed by atoms with E-state index >= 15 is 0 Å². The Labute approximate surface area is 52.9 Å². The summed E-state index contributed by atoms with van der Waals surface area (Å²) < 4.78 is 0.375. The van der Waals surface area contributed by atoms with Crippen LogP contribution in [0.15, 0.2) is 0 Å². The van der Waals surface area contributed by atoms with Crippen molar-refractivity contribution < 1.29 is 5.11 Å². The van der Waals surface area contributed by atoms with Crippen molar-refractivity contribution >= 4 is 23.5 Å². The molecule has 0 unspecified atom stereocenters. The van der Waals surface area contributed by atoms with Gasteiger partial charge in [-0.2, -0.15) is 0 Å². The van der Waals surface area contributed by atoms with Gasteiger partial charge in [-0.25, -0.2) is 0 Å². The molecule has 1 nitrogen and oxygen atoms in total. The smallest absolute Gasteiger partial charge is 0.0727 e. The summed E-state index contributed by atoms with van der Waals surface area (Å²) in [6, 6.07) is 0. The predicted octanol–water partition coefficient (Wildman–Crippen LogP) is 1.03. The standard InChI is InChI=1S/C4H10OS2/c1-6-4(3-5)7-2/h4-5H,3H2,1-2H3. The van der Waals surface area contributed by atoms with Gasteiger partial charge in [0.25, 0.3) is 0 Å². The van der Waals surface area contributed by atoms with Crippen LogP contribution in [0.4, 0.5) is 0 Å². The van der Waals surface area contributed by atoms with Gasteiger partial charge in [-0.1, -0.05) is 0 Å². The number of rotatable bonds is 3. The Bertz CT molecular complexity index is 31.2. The van der Waals surface area contributed by atoms with E-state index in [1.54, 1.807) is 23.5 Å². The third kappa shape index (κ3) is 3.26. The molecular formula is C4H10OS2. The van der Waals surface area contributed by atoms with Crippen LogP contribution in [0.2, 0.25) is 0 Å². The van der Waals surface area contributed by atoms with Crippen LogP contribution in [0.25, 0.3) is 0 Å². The van der Waals surface area contributed by atoms with Gasteiger partial charge in [0, 0.05) is 0 Å². The maximum Gasteiger partial charge on any atom is 0.0727 e. The molecule has 0 aliphatic rings. The van der Waals surface area contributed by atoms with E-state index in [2.05, 4.69) is 0 Å². The summed E-state index contributed by atoms with van der Waals surface area (Å²) in [5.74, 6) is 0. The fraction of sp³-hybridized carbons (Fsp3) is 1.00. The SMILES string of the molecule is CSC(CO)SC. The van der Waals surface area contributed by atoms with Crippen molar-refractivity contribution in [1.29, 1.82) is 0 Å². The molecule has 0 spiro atoms. The van der Waals surface area contributed by atoms with Crippen LogP contribution in [-0.2, 0) is 0 Å². The molecule has 0 aromatic rings. The summed E-state index contributed by atoms with van der Waals surface area (Å²) in [4.78, 5) is 0. The number of hydrogen-bond acceptors (Lipinski definition) is 3. The second-order valence-corrected chi connectivity index (χ2v) is 3.46. The average molecular weight is 138 g/mol. The molecule has 44 valence electrons. The molecule has 0 fully saturated rings. The first-order valence-corrected chi connectivity index (χ1v) is 4.59. The molecule has 0 aliphatic heterocycles.